The van der Waals surface area contributed by atoms with Crippen LogP contribution >= 0.6 is 0 Å². The molecule has 0 saturated carbocycles. The molecule has 1 atom stereocenters. The second-order valence-corrected chi connectivity index (χ2v) is 4.10. The predicted octanol–water partition coefficient (Wildman–Crippen LogP) is 1.20. The first-order chi connectivity index (χ1) is 7.77. The van der Waals surface area contributed by atoms with Crippen LogP contribution in [0.5, 0.6) is 0 Å². The Bertz CT molecular complexity index is 373. The molecular formula is C12H16N2O2. The molecule has 1 saturated heterocycles. The van der Waals surface area contributed by atoms with Crippen LogP contribution < -0.4 is 5.73 Å². The minimum atomic E-state index is 0.0355. The molecule has 1 aromatic rings. The van der Waals surface area contributed by atoms with Gasteiger partial charge in [0.25, 0.3) is 0 Å². The normalized spacial score (nSPS) is 20.6. The van der Waals surface area contributed by atoms with Crippen molar-refractivity contribution in [1.82, 2.24) is 4.98 Å². The quantitative estimate of drug-likeness (QED) is 0.831. The highest BCUT2D eigenvalue weighted by Gasteiger charge is 2.22. The standard InChI is InChI=1S/C12H16N2O2/c13-12-9(3-1-5-14-12)7-11(15)10-4-2-6-16-8-10/h1,3,5,10H,2,4,6-8H2,(H2,13,14). The summed E-state index contributed by atoms with van der Waals surface area (Å²) in [7, 11) is 0. The Labute approximate surface area is 94.8 Å². The smallest absolute Gasteiger partial charge is 0.142 e. The van der Waals surface area contributed by atoms with Gasteiger partial charge in [0.1, 0.15) is 11.6 Å². The largest absolute Gasteiger partial charge is 0.383 e. The fourth-order valence-electron chi connectivity index (χ4n) is 1.93. The van der Waals surface area contributed by atoms with Crippen molar-refractivity contribution < 1.29 is 9.53 Å². The zero-order valence-corrected chi connectivity index (χ0v) is 9.19. The highest BCUT2D eigenvalue weighted by atomic mass is 16.5. The highest BCUT2D eigenvalue weighted by Crippen LogP contribution is 2.18. The monoisotopic (exact) mass is 220 g/mol. The molecule has 4 heteroatoms. The summed E-state index contributed by atoms with van der Waals surface area (Å²) in [5, 5.41) is 0. The van der Waals surface area contributed by atoms with Gasteiger partial charge >= 0.3 is 0 Å². The minimum absolute atomic E-state index is 0.0355. The Morgan fingerprint density at radius 3 is 3.19 bits per heavy atom. The van der Waals surface area contributed by atoms with Crippen LogP contribution in [0.1, 0.15) is 18.4 Å². The number of nitrogens with zero attached hydrogens (tertiary/aromatic N) is 1. The molecule has 0 bridgehead atoms. The predicted molar refractivity (Wildman–Crippen MR) is 60.9 cm³/mol. The lowest BCUT2D eigenvalue weighted by atomic mass is 9.93. The molecule has 0 spiro atoms. The van der Waals surface area contributed by atoms with E-state index < -0.39 is 0 Å². The molecule has 0 aromatic carbocycles. The van der Waals surface area contributed by atoms with Gasteiger partial charge in [0.15, 0.2) is 0 Å². The summed E-state index contributed by atoms with van der Waals surface area (Å²) in [5.74, 6) is 0.695. The molecule has 2 N–H and O–H groups in total. The van der Waals surface area contributed by atoms with Gasteiger partial charge in [-0.3, -0.25) is 4.79 Å². The number of carbonyl (C=O) groups excluding carboxylic acids is 1. The van der Waals surface area contributed by atoms with E-state index in [0.717, 1.165) is 25.0 Å². The third kappa shape index (κ3) is 2.58. The van der Waals surface area contributed by atoms with Gasteiger partial charge in [0.05, 0.1) is 6.61 Å². The molecule has 0 amide bonds. The van der Waals surface area contributed by atoms with Crippen molar-refractivity contribution in [2.75, 3.05) is 18.9 Å². The summed E-state index contributed by atoms with van der Waals surface area (Å²) in [6, 6.07) is 3.65. The summed E-state index contributed by atoms with van der Waals surface area (Å²) in [6.07, 6.45) is 3.90. The summed E-state index contributed by atoms with van der Waals surface area (Å²) < 4.78 is 5.30. The first kappa shape index (κ1) is 11.1. The van der Waals surface area contributed by atoms with Crippen molar-refractivity contribution >= 4 is 11.6 Å². The Balaban J connectivity index is 1.99. The van der Waals surface area contributed by atoms with Gasteiger partial charge in [-0.1, -0.05) is 6.07 Å². The average molecular weight is 220 g/mol. The van der Waals surface area contributed by atoms with Crippen molar-refractivity contribution in [2.45, 2.75) is 19.3 Å². The molecule has 2 heterocycles. The number of nitrogens with two attached hydrogens (primary N) is 1. The second kappa shape index (κ2) is 5.07. The highest BCUT2D eigenvalue weighted by molar-refractivity contribution is 5.84. The van der Waals surface area contributed by atoms with E-state index in [-0.39, 0.29) is 11.7 Å². The average Bonchev–Trinajstić information content (AvgIpc) is 2.33. The molecule has 16 heavy (non-hydrogen) atoms. The Hall–Kier alpha value is -1.42. The van der Waals surface area contributed by atoms with E-state index in [2.05, 4.69) is 4.98 Å². The molecule has 0 aliphatic carbocycles. The first-order valence-electron chi connectivity index (χ1n) is 5.57. The summed E-state index contributed by atoms with van der Waals surface area (Å²) >= 11 is 0. The van der Waals surface area contributed by atoms with E-state index >= 15 is 0 Å². The lowest BCUT2D eigenvalue weighted by molar-refractivity contribution is -0.126. The van der Waals surface area contributed by atoms with Crippen LogP contribution in [0, 0.1) is 5.92 Å². The van der Waals surface area contributed by atoms with E-state index in [1.54, 1.807) is 12.3 Å². The number of hydrogen-bond donors (Lipinski definition) is 1. The number of aromatic nitrogens is 1. The first-order valence-corrected chi connectivity index (χ1v) is 5.57. The Kier molecular flexibility index (Phi) is 3.51. The fourth-order valence-corrected chi connectivity index (χ4v) is 1.93. The van der Waals surface area contributed by atoms with Crippen LogP contribution in [0.2, 0.25) is 0 Å². The summed E-state index contributed by atoms with van der Waals surface area (Å²) in [4.78, 5) is 15.9. The summed E-state index contributed by atoms with van der Waals surface area (Å²) in [6.45, 7) is 1.33. The number of ether oxygens (including phenoxy) is 1. The van der Waals surface area contributed by atoms with Crippen LogP contribution in [0.15, 0.2) is 18.3 Å². The molecule has 0 radical (unpaired) electrons. The van der Waals surface area contributed by atoms with Crippen molar-refractivity contribution in [2.24, 2.45) is 5.92 Å². The van der Waals surface area contributed by atoms with Crippen LogP contribution in [-0.2, 0) is 16.0 Å². The van der Waals surface area contributed by atoms with Crippen LogP contribution in [0.25, 0.3) is 0 Å². The number of Topliss-reactive ketones (excluding diaryl/α,β-unsaturated/α-hetero) is 1. The lowest BCUT2D eigenvalue weighted by Gasteiger charge is -2.20. The van der Waals surface area contributed by atoms with Crippen LogP contribution in [-0.4, -0.2) is 24.0 Å². The number of carbonyl (C=O) groups is 1. The zero-order chi connectivity index (χ0) is 11.4. The van der Waals surface area contributed by atoms with Crippen molar-refractivity contribution in [3.63, 3.8) is 0 Å². The van der Waals surface area contributed by atoms with E-state index in [1.165, 1.54) is 0 Å². The number of pyridine rings is 1. The number of ketones is 1. The topological polar surface area (TPSA) is 65.2 Å². The third-order valence-electron chi connectivity index (χ3n) is 2.91. The fraction of sp³-hybridized carbons (Fsp3) is 0.500. The van der Waals surface area contributed by atoms with Crippen LogP contribution in [0.4, 0.5) is 5.82 Å². The maximum atomic E-state index is 12.0. The number of hydrogen-bond acceptors (Lipinski definition) is 4. The minimum Gasteiger partial charge on any atom is -0.383 e. The van der Waals surface area contributed by atoms with E-state index in [1.807, 2.05) is 6.07 Å². The van der Waals surface area contributed by atoms with Gasteiger partial charge in [-0.15, -0.1) is 0 Å². The number of rotatable bonds is 3. The van der Waals surface area contributed by atoms with E-state index in [4.69, 9.17) is 10.5 Å². The lowest BCUT2D eigenvalue weighted by Crippen LogP contribution is -2.26. The van der Waals surface area contributed by atoms with Gasteiger partial charge in [0.2, 0.25) is 0 Å². The number of nitrogen functional groups attached to an aromatic ring is 1. The Morgan fingerprint density at radius 2 is 2.50 bits per heavy atom. The zero-order valence-electron chi connectivity index (χ0n) is 9.19. The molecule has 1 unspecified atom stereocenters. The van der Waals surface area contributed by atoms with Crippen molar-refractivity contribution in [3.8, 4) is 0 Å². The molecule has 86 valence electrons. The van der Waals surface area contributed by atoms with E-state index in [0.29, 0.717) is 18.8 Å². The molecule has 4 nitrogen and oxygen atoms in total. The SMILES string of the molecule is Nc1ncccc1CC(=O)C1CCCOC1. The molecular weight excluding hydrogens is 204 g/mol. The van der Waals surface area contributed by atoms with Gasteiger partial charge in [-0.2, -0.15) is 0 Å². The molecule has 1 aromatic heterocycles. The van der Waals surface area contributed by atoms with Crippen molar-refractivity contribution in [3.05, 3.63) is 23.9 Å². The van der Waals surface area contributed by atoms with Gasteiger partial charge < -0.3 is 10.5 Å². The summed E-state index contributed by atoms with van der Waals surface area (Å²) in [5.41, 5.74) is 6.52. The molecule has 1 fully saturated rings. The maximum absolute atomic E-state index is 12.0. The number of anilines is 1. The van der Waals surface area contributed by atoms with Crippen molar-refractivity contribution in [1.29, 1.82) is 0 Å². The second-order valence-electron chi connectivity index (χ2n) is 4.10. The maximum Gasteiger partial charge on any atom is 0.142 e. The third-order valence-corrected chi connectivity index (χ3v) is 2.91. The molecule has 1 aliphatic heterocycles. The van der Waals surface area contributed by atoms with Gasteiger partial charge in [-0.25, -0.2) is 4.98 Å². The van der Waals surface area contributed by atoms with Crippen LogP contribution in [0.3, 0.4) is 0 Å². The van der Waals surface area contributed by atoms with Gasteiger partial charge in [-0.05, 0) is 18.9 Å². The van der Waals surface area contributed by atoms with E-state index in [9.17, 15) is 4.79 Å². The Morgan fingerprint density at radius 1 is 1.62 bits per heavy atom. The molecule has 2 rings (SSSR count). The van der Waals surface area contributed by atoms with Gasteiger partial charge in [0, 0.05) is 30.7 Å². The molecule has 1 aliphatic rings.